The van der Waals surface area contributed by atoms with Gasteiger partial charge in [0.2, 0.25) is 0 Å². The van der Waals surface area contributed by atoms with Crippen LogP contribution in [0.5, 0.6) is 0 Å². The van der Waals surface area contributed by atoms with Crippen LogP contribution in [0.4, 0.5) is 0 Å². The Labute approximate surface area is 184 Å². The van der Waals surface area contributed by atoms with Crippen molar-refractivity contribution >= 4 is 19.9 Å². The van der Waals surface area contributed by atoms with E-state index >= 15 is 0 Å². The molecule has 0 aromatic carbocycles. The summed E-state index contributed by atoms with van der Waals surface area (Å²) < 4.78 is 6.91. The van der Waals surface area contributed by atoms with Gasteiger partial charge in [-0.3, -0.25) is 9.59 Å². The van der Waals surface area contributed by atoms with Gasteiger partial charge in [0.1, 0.15) is 11.6 Å². The fourth-order valence-corrected chi connectivity index (χ4v) is 8.31. The largest absolute Gasteiger partial charge is 0.416 e. The molecule has 0 spiro atoms. The predicted octanol–water partition coefficient (Wildman–Crippen LogP) is 6.48. The van der Waals surface area contributed by atoms with E-state index in [1.807, 2.05) is 0 Å². The van der Waals surface area contributed by atoms with Gasteiger partial charge in [-0.1, -0.05) is 38.8 Å². The van der Waals surface area contributed by atoms with Gasteiger partial charge in [-0.2, -0.15) is 0 Å². The van der Waals surface area contributed by atoms with Gasteiger partial charge < -0.3 is 4.43 Å². The lowest BCUT2D eigenvalue weighted by Gasteiger charge is -2.58. The van der Waals surface area contributed by atoms with E-state index < -0.39 is 8.32 Å². The zero-order valence-corrected chi connectivity index (χ0v) is 21.3. The lowest BCUT2D eigenvalue weighted by atomic mass is 9.46. The Kier molecular flexibility index (Phi) is 5.34. The quantitative estimate of drug-likeness (QED) is 0.380. The summed E-state index contributed by atoms with van der Waals surface area (Å²) in [6.07, 6.45) is 7.35. The number of ketones is 2. The molecule has 0 N–H and O–H groups in total. The van der Waals surface area contributed by atoms with Crippen LogP contribution in [-0.2, 0) is 14.0 Å². The summed E-state index contributed by atoms with van der Waals surface area (Å²) in [4.78, 5) is 25.3. The monoisotopic (exact) mass is 430 g/mol. The summed E-state index contributed by atoms with van der Waals surface area (Å²) >= 11 is 0. The van der Waals surface area contributed by atoms with Crippen LogP contribution in [0, 0.1) is 28.6 Å². The van der Waals surface area contributed by atoms with Gasteiger partial charge in [0.25, 0.3) is 0 Å². The van der Waals surface area contributed by atoms with Crippen LogP contribution < -0.4 is 0 Å². The van der Waals surface area contributed by atoms with Crippen molar-refractivity contribution in [1.29, 1.82) is 0 Å². The normalized spacial score (nSPS) is 39.6. The molecule has 4 rings (SSSR count). The molecule has 30 heavy (non-hydrogen) atoms. The number of hydrogen-bond donors (Lipinski definition) is 0. The molecular weight excluding hydrogens is 388 g/mol. The average Bonchev–Trinajstić information content (AvgIpc) is 2.95. The maximum absolute atomic E-state index is 12.8. The number of allylic oxidation sites excluding steroid dienone is 1. The third-order valence-corrected chi connectivity index (χ3v) is 14.7. The van der Waals surface area contributed by atoms with Crippen molar-refractivity contribution in [2.45, 2.75) is 104 Å². The Morgan fingerprint density at radius 3 is 2.43 bits per heavy atom. The Morgan fingerprint density at radius 1 is 1.07 bits per heavy atom. The first-order chi connectivity index (χ1) is 13.8. The lowest BCUT2D eigenvalue weighted by Crippen LogP contribution is -2.55. The van der Waals surface area contributed by atoms with Gasteiger partial charge in [-0.05, 0) is 74.9 Å². The van der Waals surface area contributed by atoms with E-state index in [0.29, 0.717) is 42.2 Å². The summed E-state index contributed by atoms with van der Waals surface area (Å²) in [7, 11) is -1.88. The molecule has 0 unspecified atom stereocenters. The first-order valence-electron chi connectivity index (χ1n) is 12.2. The van der Waals surface area contributed by atoms with E-state index in [1.165, 1.54) is 11.1 Å². The van der Waals surface area contributed by atoms with Crippen molar-refractivity contribution in [3.05, 3.63) is 11.1 Å². The van der Waals surface area contributed by atoms with E-state index in [0.717, 1.165) is 45.1 Å². The van der Waals surface area contributed by atoms with E-state index in [2.05, 4.69) is 47.7 Å². The van der Waals surface area contributed by atoms with Crippen LogP contribution in [0.3, 0.4) is 0 Å². The fourth-order valence-electron chi connectivity index (χ4n) is 7.26. The molecule has 0 heterocycles. The molecule has 168 valence electrons. The SMILES string of the molecule is CC1=C2CC(=O)CC[C@]2(CO[Si](C)(C)C(C)(C)C)[C@H]2CC[C@]3(C)C(=O)CC[C@H]3[C@@H]2C1. The number of rotatable bonds is 3. The van der Waals surface area contributed by atoms with Crippen LogP contribution in [0.1, 0.15) is 86.0 Å². The Morgan fingerprint density at radius 2 is 1.77 bits per heavy atom. The number of carbonyl (C=O) groups excluding carboxylic acids is 2. The first-order valence-corrected chi connectivity index (χ1v) is 15.1. The second kappa shape index (κ2) is 7.13. The topological polar surface area (TPSA) is 43.4 Å². The zero-order valence-electron chi connectivity index (χ0n) is 20.3. The fraction of sp³-hybridized carbons (Fsp3) is 0.846. The van der Waals surface area contributed by atoms with Gasteiger partial charge in [0, 0.05) is 36.7 Å². The molecule has 0 amide bonds. The molecule has 0 radical (unpaired) electrons. The number of Topliss-reactive ketones (excluding diaryl/α,β-unsaturated/α-hetero) is 2. The highest BCUT2D eigenvalue weighted by Crippen LogP contribution is 2.65. The van der Waals surface area contributed by atoms with Crippen LogP contribution >= 0.6 is 0 Å². The number of fused-ring (bicyclic) bond motifs is 5. The van der Waals surface area contributed by atoms with Gasteiger partial charge >= 0.3 is 0 Å². The highest BCUT2D eigenvalue weighted by molar-refractivity contribution is 6.74. The van der Waals surface area contributed by atoms with Gasteiger partial charge in [-0.15, -0.1) is 0 Å². The maximum atomic E-state index is 12.8. The minimum Gasteiger partial charge on any atom is -0.416 e. The molecule has 5 atom stereocenters. The molecule has 0 saturated heterocycles. The third-order valence-electron chi connectivity index (χ3n) is 10.2. The van der Waals surface area contributed by atoms with Crippen LogP contribution in [0.25, 0.3) is 0 Å². The summed E-state index contributed by atoms with van der Waals surface area (Å²) in [6.45, 7) is 16.9. The smallest absolute Gasteiger partial charge is 0.192 e. The molecule has 0 aromatic heterocycles. The molecule has 4 heteroatoms. The van der Waals surface area contributed by atoms with E-state index in [-0.39, 0.29) is 15.9 Å². The minimum atomic E-state index is -1.88. The minimum absolute atomic E-state index is 0.0173. The van der Waals surface area contributed by atoms with E-state index in [1.54, 1.807) is 0 Å². The van der Waals surface area contributed by atoms with Crippen molar-refractivity contribution in [1.82, 2.24) is 0 Å². The summed E-state index contributed by atoms with van der Waals surface area (Å²) in [6, 6.07) is 0. The highest BCUT2D eigenvalue weighted by atomic mass is 28.4. The predicted molar refractivity (Wildman–Crippen MR) is 124 cm³/mol. The van der Waals surface area contributed by atoms with Crippen LogP contribution in [-0.4, -0.2) is 26.5 Å². The summed E-state index contributed by atoms with van der Waals surface area (Å²) in [5.74, 6) is 2.57. The second-order valence-electron chi connectivity index (χ2n) is 12.7. The molecule has 4 aliphatic rings. The van der Waals surface area contributed by atoms with Crippen molar-refractivity contribution in [3.63, 3.8) is 0 Å². The third kappa shape index (κ3) is 3.23. The van der Waals surface area contributed by atoms with Crippen LogP contribution in [0.15, 0.2) is 11.1 Å². The van der Waals surface area contributed by atoms with Crippen molar-refractivity contribution in [2.24, 2.45) is 28.6 Å². The molecular formula is C26H42O3Si. The van der Waals surface area contributed by atoms with Crippen molar-refractivity contribution < 1.29 is 14.0 Å². The zero-order chi connectivity index (χ0) is 22.1. The second-order valence-corrected chi connectivity index (χ2v) is 17.5. The first kappa shape index (κ1) is 22.5. The standard InChI is InChI=1S/C26H42O3Si/c1-17-14-19-20-8-9-23(28)25(20,5)12-11-21(19)26(13-10-18(27)15-22(17)26)16-29-30(6,7)24(2,3)4/h19-21H,8-16H2,1-7H3/t19-,20-,21-,25-,26-/m0/s1. The lowest BCUT2D eigenvalue weighted by molar-refractivity contribution is -0.133. The molecule has 0 bridgehead atoms. The van der Waals surface area contributed by atoms with Crippen LogP contribution in [0.2, 0.25) is 18.1 Å². The molecule has 4 aliphatic carbocycles. The Bertz CT molecular complexity index is 789. The highest BCUT2D eigenvalue weighted by Gasteiger charge is 2.61. The Balaban J connectivity index is 1.73. The molecule has 0 aliphatic heterocycles. The van der Waals surface area contributed by atoms with Gasteiger partial charge in [-0.25, -0.2) is 0 Å². The van der Waals surface area contributed by atoms with Crippen molar-refractivity contribution in [3.8, 4) is 0 Å². The molecule has 3 saturated carbocycles. The molecule has 3 fully saturated rings. The summed E-state index contributed by atoms with van der Waals surface area (Å²) in [5.41, 5.74) is 2.77. The maximum Gasteiger partial charge on any atom is 0.192 e. The average molecular weight is 431 g/mol. The number of carbonyl (C=O) groups is 2. The van der Waals surface area contributed by atoms with E-state index in [4.69, 9.17) is 4.43 Å². The number of hydrogen-bond acceptors (Lipinski definition) is 3. The van der Waals surface area contributed by atoms with Gasteiger partial charge in [0.15, 0.2) is 8.32 Å². The molecule has 0 aromatic rings. The van der Waals surface area contributed by atoms with E-state index in [9.17, 15) is 9.59 Å². The molecule has 3 nitrogen and oxygen atoms in total. The Hall–Kier alpha value is -0.743. The van der Waals surface area contributed by atoms with Gasteiger partial charge in [0.05, 0.1) is 0 Å². The summed E-state index contributed by atoms with van der Waals surface area (Å²) in [5, 5.41) is 0.185. The van der Waals surface area contributed by atoms with Crippen molar-refractivity contribution in [2.75, 3.05) is 6.61 Å².